The lowest BCUT2D eigenvalue weighted by atomic mass is 10.1. The van der Waals surface area contributed by atoms with E-state index in [1.54, 1.807) is 13.2 Å². The molecule has 1 N–H and O–H groups in total. The van der Waals surface area contributed by atoms with Gasteiger partial charge >= 0.3 is 0 Å². The van der Waals surface area contributed by atoms with Crippen molar-refractivity contribution in [3.63, 3.8) is 0 Å². The molecule has 0 fully saturated rings. The maximum absolute atomic E-state index is 12.3. The zero-order valence-corrected chi connectivity index (χ0v) is 16.0. The number of aromatic nitrogens is 2. The Morgan fingerprint density at radius 2 is 1.86 bits per heavy atom. The van der Waals surface area contributed by atoms with Gasteiger partial charge in [-0.2, -0.15) is 5.10 Å². The van der Waals surface area contributed by atoms with E-state index >= 15 is 0 Å². The molecule has 3 aromatic rings. The fourth-order valence-corrected chi connectivity index (χ4v) is 2.80. The van der Waals surface area contributed by atoms with E-state index in [1.807, 2.05) is 48.5 Å². The second-order valence-corrected chi connectivity index (χ2v) is 6.39. The third kappa shape index (κ3) is 4.85. The topological polar surface area (TPSA) is 73.2 Å². The van der Waals surface area contributed by atoms with Crippen LogP contribution >= 0.6 is 0 Å². The number of aryl methyl sites for hydroxylation is 1. The molecular formula is C22H23N3O3. The van der Waals surface area contributed by atoms with E-state index < -0.39 is 0 Å². The summed E-state index contributed by atoms with van der Waals surface area (Å²) in [6, 6.07) is 18.6. The highest BCUT2D eigenvalue weighted by Crippen LogP contribution is 2.16. The molecule has 1 heterocycles. The van der Waals surface area contributed by atoms with Crippen LogP contribution in [0.25, 0.3) is 11.3 Å². The highest BCUT2D eigenvalue weighted by atomic mass is 16.5. The van der Waals surface area contributed by atoms with Gasteiger partial charge in [-0.15, -0.1) is 0 Å². The third-order valence-electron chi connectivity index (χ3n) is 4.44. The fourth-order valence-electron chi connectivity index (χ4n) is 2.80. The first kappa shape index (κ1) is 19.4. The van der Waals surface area contributed by atoms with Gasteiger partial charge in [-0.05, 0) is 35.7 Å². The minimum atomic E-state index is -0.314. The van der Waals surface area contributed by atoms with E-state index in [2.05, 4.69) is 17.3 Å². The van der Waals surface area contributed by atoms with Gasteiger partial charge in [0.2, 0.25) is 5.91 Å². The molecule has 0 aliphatic carbocycles. The average Bonchev–Trinajstić information content (AvgIpc) is 2.74. The molecule has 0 radical (unpaired) electrons. The summed E-state index contributed by atoms with van der Waals surface area (Å²) in [5, 5.41) is 7.15. The van der Waals surface area contributed by atoms with Crippen LogP contribution in [0.15, 0.2) is 65.5 Å². The van der Waals surface area contributed by atoms with E-state index in [-0.39, 0.29) is 18.0 Å². The summed E-state index contributed by atoms with van der Waals surface area (Å²) in [6.07, 6.45) is 0.959. The maximum atomic E-state index is 12.3. The Morgan fingerprint density at radius 3 is 2.57 bits per heavy atom. The minimum Gasteiger partial charge on any atom is -0.497 e. The monoisotopic (exact) mass is 377 g/mol. The van der Waals surface area contributed by atoms with Crippen LogP contribution in [0.4, 0.5) is 0 Å². The summed E-state index contributed by atoms with van der Waals surface area (Å²) in [6.45, 7) is 2.31. The van der Waals surface area contributed by atoms with Crippen molar-refractivity contribution < 1.29 is 9.53 Å². The van der Waals surface area contributed by atoms with Crippen LogP contribution in [0.3, 0.4) is 0 Å². The van der Waals surface area contributed by atoms with E-state index in [1.165, 1.54) is 16.3 Å². The third-order valence-corrected chi connectivity index (χ3v) is 4.44. The first-order chi connectivity index (χ1) is 13.6. The van der Waals surface area contributed by atoms with Crippen molar-refractivity contribution in [3.05, 3.63) is 82.1 Å². The summed E-state index contributed by atoms with van der Waals surface area (Å²) in [4.78, 5) is 24.4. The largest absolute Gasteiger partial charge is 0.497 e. The normalized spacial score (nSPS) is 10.5. The number of nitrogens with one attached hydrogen (secondary N) is 1. The van der Waals surface area contributed by atoms with Gasteiger partial charge in [0.05, 0.1) is 12.8 Å². The molecular weight excluding hydrogens is 354 g/mol. The molecule has 28 heavy (non-hydrogen) atoms. The van der Waals surface area contributed by atoms with Crippen molar-refractivity contribution in [1.82, 2.24) is 15.1 Å². The van der Waals surface area contributed by atoms with E-state index in [0.717, 1.165) is 23.3 Å². The standard InChI is InChI=1S/C22H23N3O3/c1-3-16-7-9-18(10-8-16)20-11-12-22(27)25(24-20)15-21(26)23-14-17-5-4-6-19(13-17)28-2/h4-13H,3,14-15H2,1-2H3,(H,23,26). The number of nitrogens with zero attached hydrogens (tertiary/aromatic N) is 2. The molecule has 1 aromatic heterocycles. The Labute approximate surface area is 163 Å². The van der Waals surface area contributed by atoms with Crippen molar-refractivity contribution in [1.29, 1.82) is 0 Å². The molecule has 0 aliphatic rings. The quantitative estimate of drug-likeness (QED) is 0.687. The summed E-state index contributed by atoms with van der Waals surface area (Å²) in [7, 11) is 1.60. The number of benzene rings is 2. The van der Waals surface area contributed by atoms with Gasteiger partial charge < -0.3 is 10.1 Å². The van der Waals surface area contributed by atoms with Gasteiger partial charge in [0, 0.05) is 18.2 Å². The molecule has 1 amide bonds. The highest BCUT2D eigenvalue weighted by Gasteiger charge is 2.08. The highest BCUT2D eigenvalue weighted by molar-refractivity contribution is 5.75. The first-order valence-corrected chi connectivity index (χ1v) is 9.16. The Balaban J connectivity index is 1.68. The summed E-state index contributed by atoms with van der Waals surface area (Å²) in [5.41, 5.74) is 3.39. The Hall–Kier alpha value is -3.41. The van der Waals surface area contributed by atoms with Crippen LogP contribution in [-0.2, 0) is 24.3 Å². The molecule has 144 valence electrons. The zero-order chi connectivity index (χ0) is 19.9. The van der Waals surface area contributed by atoms with Crippen LogP contribution in [0.2, 0.25) is 0 Å². The van der Waals surface area contributed by atoms with Gasteiger partial charge in [-0.25, -0.2) is 4.68 Å². The number of hydrogen-bond donors (Lipinski definition) is 1. The molecule has 0 saturated heterocycles. The summed E-state index contributed by atoms with van der Waals surface area (Å²) < 4.78 is 6.36. The summed E-state index contributed by atoms with van der Waals surface area (Å²) in [5.74, 6) is 0.447. The Bertz CT molecular complexity index is 1010. The van der Waals surface area contributed by atoms with Crippen molar-refractivity contribution in [3.8, 4) is 17.0 Å². The lowest BCUT2D eigenvalue weighted by molar-refractivity contribution is -0.122. The molecule has 2 aromatic carbocycles. The fraction of sp³-hybridized carbons (Fsp3) is 0.227. The molecule has 0 bridgehead atoms. The van der Waals surface area contributed by atoms with E-state index in [9.17, 15) is 9.59 Å². The molecule has 0 atom stereocenters. The van der Waals surface area contributed by atoms with Crippen molar-refractivity contribution in [2.75, 3.05) is 7.11 Å². The van der Waals surface area contributed by atoms with E-state index in [0.29, 0.717) is 12.2 Å². The molecule has 0 aliphatic heterocycles. The predicted molar refractivity (Wildman–Crippen MR) is 108 cm³/mol. The number of rotatable bonds is 7. The number of amides is 1. The van der Waals surface area contributed by atoms with Crippen molar-refractivity contribution >= 4 is 5.91 Å². The van der Waals surface area contributed by atoms with Crippen molar-refractivity contribution in [2.45, 2.75) is 26.4 Å². The molecule has 0 saturated carbocycles. The number of ether oxygens (including phenoxy) is 1. The SMILES string of the molecule is CCc1ccc(-c2ccc(=O)n(CC(=O)NCc3cccc(OC)c3)n2)cc1. The van der Waals surface area contributed by atoms with Gasteiger partial charge in [0.15, 0.2) is 0 Å². The van der Waals surface area contributed by atoms with Crippen LogP contribution in [0, 0.1) is 0 Å². The molecule has 6 heteroatoms. The average molecular weight is 377 g/mol. The van der Waals surface area contributed by atoms with Gasteiger partial charge in [-0.1, -0.05) is 43.3 Å². The van der Waals surface area contributed by atoms with Gasteiger partial charge in [0.1, 0.15) is 12.3 Å². The molecule has 0 unspecified atom stereocenters. The maximum Gasteiger partial charge on any atom is 0.267 e. The van der Waals surface area contributed by atoms with Gasteiger partial charge in [0.25, 0.3) is 5.56 Å². The second kappa shape index (κ2) is 8.99. The van der Waals surface area contributed by atoms with Crippen LogP contribution in [0.5, 0.6) is 5.75 Å². The number of carbonyl (C=O) groups excluding carboxylic acids is 1. The second-order valence-electron chi connectivity index (χ2n) is 6.39. The van der Waals surface area contributed by atoms with Crippen LogP contribution < -0.4 is 15.6 Å². The summed E-state index contributed by atoms with van der Waals surface area (Å²) >= 11 is 0. The number of methoxy groups -OCH3 is 1. The van der Waals surface area contributed by atoms with Gasteiger partial charge in [-0.3, -0.25) is 9.59 Å². The lowest BCUT2D eigenvalue weighted by Crippen LogP contribution is -2.33. The minimum absolute atomic E-state index is 0.135. The molecule has 3 rings (SSSR count). The zero-order valence-electron chi connectivity index (χ0n) is 16.0. The van der Waals surface area contributed by atoms with Crippen LogP contribution in [0.1, 0.15) is 18.1 Å². The number of carbonyl (C=O) groups is 1. The van der Waals surface area contributed by atoms with E-state index in [4.69, 9.17) is 4.74 Å². The first-order valence-electron chi connectivity index (χ1n) is 9.16. The number of hydrogen-bond acceptors (Lipinski definition) is 4. The van der Waals surface area contributed by atoms with Crippen molar-refractivity contribution in [2.24, 2.45) is 0 Å². The lowest BCUT2D eigenvalue weighted by Gasteiger charge is -2.09. The smallest absolute Gasteiger partial charge is 0.267 e. The molecule has 6 nitrogen and oxygen atoms in total. The Morgan fingerprint density at radius 1 is 1.07 bits per heavy atom. The van der Waals surface area contributed by atoms with Crippen LogP contribution in [-0.4, -0.2) is 22.8 Å². The predicted octanol–water partition coefficient (Wildman–Crippen LogP) is 2.80. The Kier molecular flexibility index (Phi) is 6.22. The molecule has 0 spiro atoms.